The maximum absolute atomic E-state index is 11.4. The minimum absolute atomic E-state index is 0.0923. The van der Waals surface area contributed by atoms with E-state index in [9.17, 15) is 9.90 Å². The summed E-state index contributed by atoms with van der Waals surface area (Å²) < 4.78 is 5.07. The molecule has 0 radical (unpaired) electrons. The molecule has 0 saturated carbocycles. The van der Waals surface area contributed by atoms with Crippen molar-refractivity contribution in [3.05, 3.63) is 64.1 Å². The van der Waals surface area contributed by atoms with Gasteiger partial charge in [-0.2, -0.15) is 0 Å². The third-order valence-electron chi connectivity index (χ3n) is 5.10. The second-order valence-electron chi connectivity index (χ2n) is 7.75. The Morgan fingerprint density at radius 2 is 1.84 bits per heavy atom. The molecule has 31 heavy (non-hydrogen) atoms. The fourth-order valence-electron chi connectivity index (χ4n) is 3.58. The van der Waals surface area contributed by atoms with Gasteiger partial charge in [0, 0.05) is 30.3 Å². The average Bonchev–Trinajstić information content (AvgIpc) is 2.75. The SMILES string of the molecule is C1CCOCC1.Cc1cc(C(C)Nc2ccc(Cl)nc2C(=O)O)c2ccc(C)nc2c1. The van der Waals surface area contributed by atoms with E-state index < -0.39 is 5.97 Å². The standard InChI is InChI=1S/C19H18ClN3O2.C5H10O/c1-10-8-14(13-5-4-11(2)21-16(13)9-10)12(3)22-15-6-7-17(20)23-18(15)19(24)25;1-2-4-6-5-3-1/h4-9,12,22H,1-3H3,(H,24,25);1-5H2. The summed E-state index contributed by atoms with van der Waals surface area (Å²) >= 11 is 5.82. The van der Waals surface area contributed by atoms with Crippen LogP contribution in [0.25, 0.3) is 10.9 Å². The Hall–Kier alpha value is -2.70. The maximum Gasteiger partial charge on any atom is 0.356 e. The number of ether oxygens (including phenoxy) is 1. The van der Waals surface area contributed by atoms with Crippen molar-refractivity contribution in [2.75, 3.05) is 18.5 Å². The van der Waals surface area contributed by atoms with Gasteiger partial charge in [0.05, 0.1) is 11.2 Å². The number of carboxylic acid groups (broad SMARTS) is 1. The quantitative estimate of drug-likeness (QED) is 0.486. The fraction of sp³-hybridized carbons (Fsp3) is 0.375. The van der Waals surface area contributed by atoms with Crippen LogP contribution < -0.4 is 5.32 Å². The summed E-state index contributed by atoms with van der Waals surface area (Å²) in [5.74, 6) is -1.12. The number of nitrogens with one attached hydrogen (secondary N) is 1. The molecule has 1 aliphatic rings. The number of pyridine rings is 2. The number of aromatic nitrogens is 2. The Balaban J connectivity index is 0.000000391. The van der Waals surface area contributed by atoms with Gasteiger partial charge in [-0.3, -0.25) is 4.98 Å². The Morgan fingerprint density at radius 3 is 2.45 bits per heavy atom. The zero-order valence-electron chi connectivity index (χ0n) is 18.1. The molecule has 1 aliphatic heterocycles. The highest BCUT2D eigenvalue weighted by Crippen LogP contribution is 2.29. The molecule has 0 amide bonds. The second kappa shape index (κ2) is 10.6. The molecule has 1 unspecified atom stereocenters. The Labute approximate surface area is 187 Å². The number of nitrogens with zero attached hydrogens (tertiary/aromatic N) is 2. The first-order valence-corrected chi connectivity index (χ1v) is 10.8. The van der Waals surface area contributed by atoms with Crippen LogP contribution in [0.2, 0.25) is 5.15 Å². The molecule has 3 aromatic rings. The van der Waals surface area contributed by atoms with Gasteiger partial charge in [-0.05, 0) is 75.4 Å². The van der Waals surface area contributed by atoms with Crippen molar-refractivity contribution in [2.24, 2.45) is 0 Å². The molecule has 1 saturated heterocycles. The van der Waals surface area contributed by atoms with Gasteiger partial charge in [-0.15, -0.1) is 0 Å². The van der Waals surface area contributed by atoms with Crippen LogP contribution in [0.15, 0.2) is 36.4 Å². The van der Waals surface area contributed by atoms with E-state index >= 15 is 0 Å². The number of rotatable bonds is 4. The zero-order valence-corrected chi connectivity index (χ0v) is 18.9. The first kappa shape index (κ1) is 23.0. The minimum atomic E-state index is -1.12. The van der Waals surface area contributed by atoms with Crippen molar-refractivity contribution in [3.63, 3.8) is 0 Å². The van der Waals surface area contributed by atoms with E-state index in [0.717, 1.165) is 40.9 Å². The fourth-order valence-corrected chi connectivity index (χ4v) is 3.73. The first-order valence-electron chi connectivity index (χ1n) is 10.5. The van der Waals surface area contributed by atoms with Crippen molar-refractivity contribution in [1.29, 1.82) is 0 Å². The van der Waals surface area contributed by atoms with Gasteiger partial charge in [0.15, 0.2) is 5.69 Å². The number of fused-ring (bicyclic) bond motifs is 1. The molecule has 164 valence electrons. The predicted molar refractivity (Wildman–Crippen MR) is 124 cm³/mol. The molecule has 1 fully saturated rings. The van der Waals surface area contributed by atoms with Crippen LogP contribution in [0.1, 0.15) is 59.5 Å². The number of carboxylic acids is 1. The summed E-state index contributed by atoms with van der Waals surface area (Å²) in [7, 11) is 0. The topological polar surface area (TPSA) is 84.3 Å². The van der Waals surface area contributed by atoms with Crippen molar-refractivity contribution < 1.29 is 14.6 Å². The van der Waals surface area contributed by atoms with Crippen LogP contribution in [0.4, 0.5) is 5.69 Å². The van der Waals surface area contributed by atoms with Crippen LogP contribution in [0.5, 0.6) is 0 Å². The van der Waals surface area contributed by atoms with E-state index in [4.69, 9.17) is 16.3 Å². The van der Waals surface area contributed by atoms with Gasteiger partial charge in [-0.25, -0.2) is 9.78 Å². The minimum Gasteiger partial charge on any atom is -0.476 e. The number of aromatic carboxylic acids is 1. The molecular formula is C24H28ClN3O3. The van der Waals surface area contributed by atoms with Crippen LogP contribution in [-0.4, -0.2) is 34.3 Å². The lowest BCUT2D eigenvalue weighted by molar-refractivity contribution is 0.0691. The van der Waals surface area contributed by atoms with Crippen LogP contribution >= 0.6 is 11.6 Å². The van der Waals surface area contributed by atoms with Crippen LogP contribution in [0, 0.1) is 13.8 Å². The highest BCUT2D eigenvalue weighted by Gasteiger charge is 2.17. The molecule has 0 spiro atoms. The van der Waals surface area contributed by atoms with E-state index in [1.54, 1.807) is 12.1 Å². The van der Waals surface area contributed by atoms with Crippen molar-refractivity contribution in [1.82, 2.24) is 9.97 Å². The summed E-state index contributed by atoms with van der Waals surface area (Å²) in [6.45, 7) is 7.96. The van der Waals surface area contributed by atoms with E-state index in [2.05, 4.69) is 21.4 Å². The number of anilines is 1. The van der Waals surface area contributed by atoms with Gasteiger partial charge in [0.25, 0.3) is 0 Å². The number of benzene rings is 1. The Morgan fingerprint density at radius 1 is 1.10 bits per heavy atom. The third-order valence-corrected chi connectivity index (χ3v) is 5.31. The smallest absolute Gasteiger partial charge is 0.356 e. The lowest BCUT2D eigenvalue weighted by Gasteiger charge is -2.19. The van der Waals surface area contributed by atoms with Crippen molar-refractivity contribution >= 4 is 34.2 Å². The number of hydrogen-bond acceptors (Lipinski definition) is 5. The molecule has 3 heterocycles. The molecule has 7 heteroatoms. The molecule has 0 aliphatic carbocycles. The summed E-state index contributed by atoms with van der Waals surface area (Å²) in [4.78, 5) is 19.9. The lowest BCUT2D eigenvalue weighted by Crippen LogP contribution is -2.13. The third kappa shape index (κ3) is 6.15. The molecule has 2 aromatic heterocycles. The van der Waals surface area contributed by atoms with Gasteiger partial charge < -0.3 is 15.2 Å². The summed E-state index contributed by atoms with van der Waals surface area (Å²) in [6.07, 6.45) is 3.93. The largest absolute Gasteiger partial charge is 0.476 e. The van der Waals surface area contributed by atoms with Crippen molar-refractivity contribution in [3.8, 4) is 0 Å². The van der Waals surface area contributed by atoms with E-state index in [-0.39, 0.29) is 16.9 Å². The number of halogens is 1. The van der Waals surface area contributed by atoms with E-state index in [1.807, 2.05) is 39.0 Å². The molecule has 2 N–H and O–H groups in total. The maximum atomic E-state index is 11.4. The number of hydrogen-bond donors (Lipinski definition) is 2. The molecule has 4 rings (SSSR count). The Bertz CT molecular complexity index is 1050. The lowest BCUT2D eigenvalue weighted by atomic mass is 9.99. The average molecular weight is 442 g/mol. The normalized spacial score (nSPS) is 14.5. The van der Waals surface area contributed by atoms with Crippen molar-refractivity contribution in [2.45, 2.75) is 46.1 Å². The van der Waals surface area contributed by atoms with Gasteiger partial charge in [-0.1, -0.05) is 23.7 Å². The van der Waals surface area contributed by atoms with Crippen LogP contribution in [-0.2, 0) is 4.74 Å². The number of aryl methyl sites for hydroxylation is 2. The predicted octanol–water partition coefficient (Wildman–Crippen LogP) is 5.96. The van der Waals surface area contributed by atoms with Gasteiger partial charge in [0.1, 0.15) is 5.15 Å². The van der Waals surface area contributed by atoms with E-state index in [0.29, 0.717) is 5.69 Å². The van der Waals surface area contributed by atoms with Crippen LogP contribution in [0.3, 0.4) is 0 Å². The van der Waals surface area contributed by atoms with E-state index in [1.165, 1.54) is 19.3 Å². The van der Waals surface area contributed by atoms with Gasteiger partial charge in [0.2, 0.25) is 0 Å². The molecule has 6 nitrogen and oxygen atoms in total. The number of carbonyl (C=O) groups is 1. The summed E-state index contributed by atoms with van der Waals surface area (Å²) in [6, 6.07) is 11.2. The highest BCUT2D eigenvalue weighted by atomic mass is 35.5. The second-order valence-corrected chi connectivity index (χ2v) is 8.14. The summed E-state index contributed by atoms with van der Waals surface area (Å²) in [5.41, 5.74) is 4.37. The molecule has 1 aromatic carbocycles. The first-order chi connectivity index (χ1) is 14.8. The monoisotopic (exact) mass is 441 g/mol. The molecular weight excluding hydrogens is 414 g/mol. The molecule has 1 atom stereocenters. The Kier molecular flexibility index (Phi) is 7.82. The summed E-state index contributed by atoms with van der Waals surface area (Å²) in [5, 5.41) is 13.8. The van der Waals surface area contributed by atoms with Gasteiger partial charge >= 0.3 is 5.97 Å². The zero-order chi connectivity index (χ0) is 22.4. The molecule has 0 bridgehead atoms. The highest BCUT2D eigenvalue weighted by molar-refractivity contribution is 6.29.